The van der Waals surface area contributed by atoms with Gasteiger partial charge in [-0.1, -0.05) is 36.5 Å². The number of benzene rings is 1. The van der Waals surface area contributed by atoms with Crippen LogP contribution in [0.5, 0.6) is 0 Å². The Kier molecular flexibility index (Phi) is 3.54. The van der Waals surface area contributed by atoms with E-state index in [2.05, 4.69) is 40.9 Å². The summed E-state index contributed by atoms with van der Waals surface area (Å²) in [6.45, 7) is 4.26. The van der Waals surface area contributed by atoms with E-state index in [0.717, 1.165) is 27.3 Å². The van der Waals surface area contributed by atoms with E-state index in [1.54, 1.807) is 0 Å². The molecule has 1 aromatic carbocycles. The highest BCUT2D eigenvalue weighted by Gasteiger charge is 2.24. The molecule has 1 N–H and O–H groups in total. The summed E-state index contributed by atoms with van der Waals surface area (Å²) >= 11 is 1.43. The molecule has 1 unspecified atom stereocenters. The van der Waals surface area contributed by atoms with Crippen molar-refractivity contribution in [2.24, 2.45) is 0 Å². The van der Waals surface area contributed by atoms with Crippen LogP contribution >= 0.6 is 11.5 Å². The Morgan fingerprint density at radius 3 is 2.75 bits per heavy atom. The van der Waals surface area contributed by atoms with E-state index in [9.17, 15) is 0 Å². The van der Waals surface area contributed by atoms with Gasteiger partial charge in [-0.25, -0.2) is 0 Å². The van der Waals surface area contributed by atoms with Crippen molar-refractivity contribution in [3.8, 4) is 0 Å². The molecular weight excluding hydrogens is 270 g/mol. The molecule has 2 heterocycles. The number of para-hydroxylation sites is 1. The topological polar surface area (TPSA) is 51.0 Å². The summed E-state index contributed by atoms with van der Waals surface area (Å²) in [4.78, 5) is 1.13. The zero-order chi connectivity index (χ0) is 14.1. The predicted molar refractivity (Wildman–Crippen MR) is 81.1 cm³/mol. The van der Waals surface area contributed by atoms with Crippen LogP contribution in [-0.4, -0.2) is 16.6 Å². The van der Waals surface area contributed by atoms with E-state index in [-0.39, 0.29) is 6.04 Å². The molecule has 0 fully saturated rings. The van der Waals surface area contributed by atoms with Crippen molar-refractivity contribution >= 4 is 22.5 Å². The van der Waals surface area contributed by atoms with Gasteiger partial charge in [-0.05, 0) is 36.6 Å². The molecular formula is C15H17N3OS. The van der Waals surface area contributed by atoms with Crippen molar-refractivity contribution in [3.63, 3.8) is 0 Å². The minimum Gasteiger partial charge on any atom is -0.459 e. The van der Waals surface area contributed by atoms with Crippen LogP contribution in [0.25, 0.3) is 11.0 Å². The third kappa shape index (κ3) is 2.23. The van der Waals surface area contributed by atoms with E-state index in [0.29, 0.717) is 5.92 Å². The molecule has 0 saturated heterocycles. The Morgan fingerprint density at radius 2 is 2.05 bits per heavy atom. The van der Waals surface area contributed by atoms with E-state index >= 15 is 0 Å². The maximum atomic E-state index is 5.97. The minimum atomic E-state index is -0.000185. The Hall–Kier alpha value is -1.72. The van der Waals surface area contributed by atoms with Crippen molar-refractivity contribution < 1.29 is 4.42 Å². The largest absolute Gasteiger partial charge is 0.459 e. The highest BCUT2D eigenvalue weighted by molar-refractivity contribution is 7.05. The molecule has 4 nitrogen and oxygen atoms in total. The van der Waals surface area contributed by atoms with Crippen LogP contribution in [0.15, 0.2) is 34.7 Å². The molecule has 3 rings (SSSR count). The number of nitrogens with zero attached hydrogens (tertiary/aromatic N) is 2. The van der Waals surface area contributed by atoms with Crippen LogP contribution in [0.3, 0.4) is 0 Å². The lowest BCUT2D eigenvalue weighted by atomic mass is 10.0. The van der Waals surface area contributed by atoms with E-state index in [4.69, 9.17) is 4.42 Å². The van der Waals surface area contributed by atoms with Crippen molar-refractivity contribution in [2.75, 3.05) is 7.05 Å². The number of fused-ring (bicyclic) bond motifs is 1. The van der Waals surface area contributed by atoms with Gasteiger partial charge in [-0.3, -0.25) is 0 Å². The third-order valence-corrected chi connectivity index (χ3v) is 4.17. The Morgan fingerprint density at radius 1 is 1.25 bits per heavy atom. The highest BCUT2D eigenvalue weighted by atomic mass is 32.1. The fourth-order valence-corrected chi connectivity index (χ4v) is 3.28. The van der Waals surface area contributed by atoms with Crippen molar-refractivity contribution in [1.29, 1.82) is 0 Å². The molecule has 2 aromatic heterocycles. The second kappa shape index (κ2) is 5.34. The Labute approximate surface area is 122 Å². The van der Waals surface area contributed by atoms with Crippen molar-refractivity contribution in [3.05, 3.63) is 46.7 Å². The molecule has 0 spiro atoms. The summed E-state index contributed by atoms with van der Waals surface area (Å²) in [5, 5.41) is 8.68. The first-order valence-corrected chi connectivity index (χ1v) is 7.46. The second-order valence-electron chi connectivity index (χ2n) is 5.09. The molecule has 0 amide bonds. The summed E-state index contributed by atoms with van der Waals surface area (Å²) in [7, 11) is 1.93. The maximum Gasteiger partial charge on any atom is 0.134 e. The van der Waals surface area contributed by atoms with Gasteiger partial charge in [0, 0.05) is 5.39 Å². The van der Waals surface area contributed by atoms with Gasteiger partial charge >= 0.3 is 0 Å². The van der Waals surface area contributed by atoms with Gasteiger partial charge in [0.25, 0.3) is 0 Å². The molecule has 104 valence electrons. The standard InChI is InChI=1S/C15H17N3OS/c1-9(2)13-15(20-18-17-13)14(16-3)12-8-10-6-4-5-7-11(10)19-12/h4-9,14,16H,1-3H3. The second-order valence-corrected chi connectivity index (χ2v) is 5.87. The third-order valence-electron chi connectivity index (χ3n) is 3.37. The fraction of sp³-hybridized carbons (Fsp3) is 0.333. The molecule has 20 heavy (non-hydrogen) atoms. The summed E-state index contributed by atoms with van der Waals surface area (Å²) in [6, 6.07) is 10.1. The van der Waals surface area contributed by atoms with Crippen LogP contribution in [0, 0.1) is 0 Å². The summed E-state index contributed by atoms with van der Waals surface area (Å²) in [5.41, 5.74) is 1.95. The van der Waals surface area contributed by atoms with Gasteiger partial charge in [0.15, 0.2) is 0 Å². The zero-order valence-electron chi connectivity index (χ0n) is 11.8. The number of hydrogen-bond acceptors (Lipinski definition) is 5. The smallest absolute Gasteiger partial charge is 0.134 e. The average molecular weight is 287 g/mol. The minimum absolute atomic E-state index is 0.000185. The normalized spacial score (nSPS) is 13.2. The molecule has 0 saturated carbocycles. The average Bonchev–Trinajstić information content (AvgIpc) is 3.05. The quantitative estimate of drug-likeness (QED) is 0.794. The summed E-state index contributed by atoms with van der Waals surface area (Å²) < 4.78 is 10.1. The summed E-state index contributed by atoms with van der Waals surface area (Å²) in [5.74, 6) is 1.26. The molecule has 3 aromatic rings. The van der Waals surface area contributed by atoms with E-state index in [1.165, 1.54) is 11.5 Å². The van der Waals surface area contributed by atoms with Crippen LogP contribution in [0.2, 0.25) is 0 Å². The Balaban J connectivity index is 2.06. The number of aromatic nitrogens is 2. The number of nitrogens with one attached hydrogen (secondary N) is 1. The molecule has 0 radical (unpaired) electrons. The lowest BCUT2D eigenvalue weighted by Gasteiger charge is -2.13. The first-order valence-electron chi connectivity index (χ1n) is 6.68. The van der Waals surface area contributed by atoms with Gasteiger partial charge in [0.2, 0.25) is 0 Å². The van der Waals surface area contributed by atoms with Crippen molar-refractivity contribution in [1.82, 2.24) is 14.9 Å². The van der Waals surface area contributed by atoms with Crippen molar-refractivity contribution in [2.45, 2.75) is 25.8 Å². The molecule has 0 bridgehead atoms. The van der Waals surface area contributed by atoms with Gasteiger partial charge in [0.1, 0.15) is 17.4 Å². The molecule has 0 aliphatic heterocycles. The number of rotatable bonds is 4. The SMILES string of the molecule is CNC(c1cc2ccccc2o1)c1snnc1C(C)C. The van der Waals surface area contributed by atoms with Crippen LogP contribution < -0.4 is 5.32 Å². The van der Waals surface area contributed by atoms with Gasteiger partial charge in [-0.15, -0.1) is 5.10 Å². The van der Waals surface area contributed by atoms with Crippen LogP contribution in [0.4, 0.5) is 0 Å². The highest BCUT2D eigenvalue weighted by Crippen LogP contribution is 2.33. The number of hydrogen-bond donors (Lipinski definition) is 1. The lowest BCUT2D eigenvalue weighted by molar-refractivity contribution is 0.492. The zero-order valence-corrected chi connectivity index (χ0v) is 12.6. The summed E-state index contributed by atoms with van der Waals surface area (Å²) in [6.07, 6.45) is 0. The van der Waals surface area contributed by atoms with Crippen LogP contribution in [-0.2, 0) is 0 Å². The van der Waals surface area contributed by atoms with Gasteiger partial charge < -0.3 is 9.73 Å². The molecule has 0 aliphatic carbocycles. The number of furan rings is 1. The first kappa shape index (κ1) is 13.3. The first-order chi connectivity index (χ1) is 9.70. The molecule has 1 atom stereocenters. The Bertz CT molecular complexity index is 684. The van der Waals surface area contributed by atoms with Gasteiger partial charge in [0.05, 0.1) is 10.6 Å². The maximum absolute atomic E-state index is 5.97. The monoisotopic (exact) mass is 287 g/mol. The predicted octanol–water partition coefficient (Wildman–Crippen LogP) is 3.72. The lowest BCUT2D eigenvalue weighted by Crippen LogP contribution is -2.17. The molecule has 5 heteroatoms. The fourth-order valence-electron chi connectivity index (χ4n) is 2.35. The van der Waals surface area contributed by atoms with Crippen LogP contribution in [0.1, 0.15) is 42.1 Å². The van der Waals surface area contributed by atoms with E-state index < -0.39 is 0 Å². The molecule has 0 aliphatic rings. The van der Waals surface area contributed by atoms with Gasteiger partial charge in [-0.2, -0.15) is 0 Å². The van der Waals surface area contributed by atoms with E-state index in [1.807, 2.05) is 25.2 Å².